The van der Waals surface area contributed by atoms with E-state index in [1.807, 2.05) is 37.4 Å². The Labute approximate surface area is 141 Å². The molecule has 6 heteroatoms. The molecule has 0 aliphatic heterocycles. The van der Waals surface area contributed by atoms with Gasteiger partial charge >= 0.3 is 0 Å². The zero-order valence-corrected chi connectivity index (χ0v) is 14.2. The largest absolute Gasteiger partial charge is 0.321 e. The zero-order valence-electron chi connectivity index (χ0n) is 14.2. The van der Waals surface area contributed by atoms with E-state index in [2.05, 4.69) is 34.3 Å². The van der Waals surface area contributed by atoms with Gasteiger partial charge in [-0.3, -0.25) is 4.79 Å². The highest BCUT2D eigenvalue weighted by Gasteiger charge is 2.10. The minimum Gasteiger partial charge on any atom is -0.321 e. The number of anilines is 1. The topological polar surface area (TPSA) is 63.1 Å². The standard InChI is InChI=1S/C18H21N5O/c1-22(2)11-10-13-4-6-14(7-5-13)20-18(24)16-9-8-15-17(21-16)23(3)12-19-15/h4-9,12H,10-11H2,1-3H3,(H,20,24). The van der Waals surface area contributed by atoms with Gasteiger partial charge in [0, 0.05) is 19.3 Å². The van der Waals surface area contributed by atoms with Crippen LogP contribution in [0.2, 0.25) is 0 Å². The lowest BCUT2D eigenvalue weighted by Crippen LogP contribution is -2.15. The summed E-state index contributed by atoms with van der Waals surface area (Å²) in [6, 6.07) is 11.4. The molecule has 2 aromatic heterocycles. The Morgan fingerprint density at radius 1 is 1.17 bits per heavy atom. The fourth-order valence-electron chi connectivity index (χ4n) is 2.43. The second-order valence-corrected chi connectivity index (χ2v) is 6.10. The third-order valence-corrected chi connectivity index (χ3v) is 3.85. The van der Waals surface area contributed by atoms with Crippen molar-refractivity contribution in [2.75, 3.05) is 26.0 Å². The maximum absolute atomic E-state index is 12.4. The molecule has 1 aromatic carbocycles. The van der Waals surface area contributed by atoms with Crippen molar-refractivity contribution in [3.63, 3.8) is 0 Å². The van der Waals surface area contributed by atoms with E-state index >= 15 is 0 Å². The summed E-state index contributed by atoms with van der Waals surface area (Å²) in [6.45, 7) is 1.00. The first-order valence-corrected chi connectivity index (χ1v) is 7.86. The van der Waals surface area contributed by atoms with Crippen LogP contribution >= 0.6 is 0 Å². The molecule has 0 aliphatic carbocycles. The number of carbonyl (C=O) groups is 1. The van der Waals surface area contributed by atoms with Gasteiger partial charge in [0.2, 0.25) is 0 Å². The summed E-state index contributed by atoms with van der Waals surface area (Å²) in [5, 5.41) is 2.89. The molecule has 24 heavy (non-hydrogen) atoms. The van der Waals surface area contributed by atoms with Gasteiger partial charge < -0.3 is 14.8 Å². The number of hydrogen-bond donors (Lipinski definition) is 1. The number of amides is 1. The Morgan fingerprint density at radius 3 is 2.62 bits per heavy atom. The highest BCUT2D eigenvalue weighted by molar-refractivity contribution is 6.03. The molecule has 6 nitrogen and oxygen atoms in total. The van der Waals surface area contributed by atoms with Crippen molar-refractivity contribution in [3.8, 4) is 0 Å². The van der Waals surface area contributed by atoms with Crippen molar-refractivity contribution in [3.05, 3.63) is 54.0 Å². The van der Waals surface area contributed by atoms with Gasteiger partial charge in [-0.2, -0.15) is 0 Å². The summed E-state index contributed by atoms with van der Waals surface area (Å²) in [7, 11) is 5.97. The van der Waals surface area contributed by atoms with Crippen LogP contribution in [0, 0.1) is 0 Å². The minimum atomic E-state index is -0.223. The van der Waals surface area contributed by atoms with Crippen molar-refractivity contribution in [2.24, 2.45) is 7.05 Å². The van der Waals surface area contributed by atoms with Crippen molar-refractivity contribution in [1.82, 2.24) is 19.4 Å². The fraction of sp³-hybridized carbons (Fsp3) is 0.278. The summed E-state index contributed by atoms with van der Waals surface area (Å²) in [5.41, 5.74) is 3.86. The van der Waals surface area contributed by atoms with Gasteiger partial charge in [0.15, 0.2) is 5.65 Å². The quantitative estimate of drug-likeness (QED) is 0.783. The number of aromatic nitrogens is 3. The lowest BCUT2D eigenvalue weighted by atomic mass is 10.1. The smallest absolute Gasteiger partial charge is 0.274 e. The lowest BCUT2D eigenvalue weighted by Gasteiger charge is -2.10. The Balaban J connectivity index is 1.70. The Kier molecular flexibility index (Phi) is 4.57. The predicted molar refractivity (Wildman–Crippen MR) is 95.2 cm³/mol. The van der Waals surface area contributed by atoms with E-state index in [9.17, 15) is 4.79 Å². The molecule has 0 fully saturated rings. The maximum atomic E-state index is 12.4. The number of hydrogen-bond acceptors (Lipinski definition) is 4. The molecule has 124 valence electrons. The molecule has 3 aromatic rings. The monoisotopic (exact) mass is 323 g/mol. The van der Waals surface area contributed by atoms with E-state index in [0.29, 0.717) is 11.3 Å². The van der Waals surface area contributed by atoms with Crippen molar-refractivity contribution >= 4 is 22.8 Å². The molecular formula is C18H21N5O. The van der Waals surface area contributed by atoms with Crippen LogP contribution in [-0.4, -0.2) is 46.0 Å². The number of nitrogens with zero attached hydrogens (tertiary/aromatic N) is 4. The van der Waals surface area contributed by atoms with Gasteiger partial charge in [-0.15, -0.1) is 0 Å². The van der Waals surface area contributed by atoms with Crippen LogP contribution < -0.4 is 5.32 Å². The number of rotatable bonds is 5. The third-order valence-electron chi connectivity index (χ3n) is 3.85. The van der Waals surface area contributed by atoms with E-state index in [1.54, 1.807) is 17.0 Å². The number of aryl methyl sites for hydroxylation is 1. The molecule has 0 bridgehead atoms. The number of likely N-dealkylation sites (N-methyl/N-ethyl adjacent to an activating group) is 1. The van der Waals surface area contributed by atoms with Gasteiger partial charge in [0.1, 0.15) is 11.2 Å². The first kappa shape index (κ1) is 16.1. The molecule has 0 aliphatic rings. The maximum Gasteiger partial charge on any atom is 0.274 e. The summed E-state index contributed by atoms with van der Waals surface area (Å²) in [5.74, 6) is -0.223. The van der Waals surface area contributed by atoms with Gasteiger partial charge in [0.05, 0.1) is 6.33 Å². The highest BCUT2D eigenvalue weighted by atomic mass is 16.1. The van der Waals surface area contributed by atoms with E-state index in [1.165, 1.54) is 5.56 Å². The molecule has 0 atom stereocenters. The molecule has 2 heterocycles. The Bertz CT molecular complexity index is 851. The van der Waals surface area contributed by atoms with Crippen molar-refractivity contribution in [2.45, 2.75) is 6.42 Å². The number of nitrogens with one attached hydrogen (secondary N) is 1. The van der Waals surface area contributed by atoms with Crippen LogP contribution in [-0.2, 0) is 13.5 Å². The van der Waals surface area contributed by atoms with Gasteiger partial charge in [-0.05, 0) is 50.3 Å². The molecule has 0 saturated heterocycles. The first-order chi connectivity index (χ1) is 11.5. The van der Waals surface area contributed by atoms with Crippen LogP contribution in [0.25, 0.3) is 11.2 Å². The van der Waals surface area contributed by atoms with Crippen molar-refractivity contribution < 1.29 is 4.79 Å². The third kappa shape index (κ3) is 3.60. The highest BCUT2D eigenvalue weighted by Crippen LogP contribution is 2.14. The Morgan fingerprint density at radius 2 is 1.92 bits per heavy atom. The molecule has 0 unspecified atom stereocenters. The van der Waals surface area contributed by atoms with Gasteiger partial charge in [-0.1, -0.05) is 12.1 Å². The van der Waals surface area contributed by atoms with Gasteiger partial charge in [-0.25, -0.2) is 9.97 Å². The van der Waals surface area contributed by atoms with Crippen LogP contribution in [0.4, 0.5) is 5.69 Å². The molecule has 1 N–H and O–H groups in total. The van der Waals surface area contributed by atoms with E-state index in [4.69, 9.17) is 0 Å². The molecule has 3 rings (SSSR count). The van der Waals surface area contributed by atoms with Crippen molar-refractivity contribution in [1.29, 1.82) is 0 Å². The van der Waals surface area contributed by atoms with E-state index in [-0.39, 0.29) is 5.91 Å². The molecule has 0 spiro atoms. The lowest BCUT2D eigenvalue weighted by molar-refractivity contribution is 0.102. The number of pyridine rings is 1. The number of benzene rings is 1. The molecule has 1 amide bonds. The second-order valence-electron chi connectivity index (χ2n) is 6.10. The summed E-state index contributed by atoms with van der Waals surface area (Å²) in [4.78, 5) is 23.1. The van der Waals surface area contributed by atoms with Crippen LogP contribution in [0.5, 0.6) is 0 Å². The van der Waals surface area contributed by atoms with Gasteiger partial charge in [0.25, 0.3) is 5.91 Å². The summed E-state index contributed by atoms with van der Waals surface area (Å²) in [6.07, 6.45) is 2.67. The number of imidazole rings is 1. The molecule has 0 radical (unpaired) electrons. The normalized spacial score (nSPS) is 11.2. The Hall–Kier alpha value is -2.73. The number of fused-ring (bicyclic) bond motifs is 1. The summed E-state index contributed by atoms with van der Waals surface area (Å²) < 4.78 is 1.80. The second kappa shape index (κ2) is 6.80. The first-order valence-electron chi connectivity index (χ1n) is 7.86. The number of carbonyl (C=O) groups excluding carboxylic acids is 1. The SMILES string of the molecule is CN(C)CCc1ccc(NC(=O)c2ccc3ncn(C)c3n2)cc1. The van der Waals surface area contributed by atoms with Crippen LogP contribution in [0.3, 0.4) is 0 Å². The minimum absolute atomic E-state index is 0.223. The predicted octanol–water partition coefficient (Wildman–Crippen LogP) is 2.32. The molecule has 0 saturated carbocycles. The zero-order chi connectivity index (χ0) is 17.1. The summed E-state index contributed by atoms with van der Waals surface area (Å²) >= 11 is 0. The van der Waals surface area contributed by atoms with Crippen LogP contribution in [0.15, 0.2) is 42.7 Å². The average molecular weight is 323 g/mol. The van der Waals surface area contributed by atoms with Crippen LogP contribution in [0.1, 0.15) is 16.1 Å². The van der Waals surface area contributed by atoms with E-state index in [0.717, 1.165) is 24.2 Å². The average Bonchev–Trinajstić information content (AvgIpc) is 2.95. The fourth-order valence-corrected chi connectivity index (χ4v) is 2.43. The van der Waals surface area contributed by atoms with E-state index < -0.39 is 0 Å². The molecular weight excluding hydrogens is 302 g/mol.